The van der Waals surface area contributed by atoms with Crippen LogP contribution >= 0.6 is 11.8 Å². The molecule has 4 nitrogen and oxygen atoms in total. The molecule has 0 aliphatic rings. The molecule has 0 aliphatic carbocycles. The quantitative estimate of drug-likeness (QED) is 0.825. The number of fused-ring (bicyclic) bond motifs is 1. The molecule has 21 heavy (non-hydrogen) atoms. The predicted octanol–water partition coefficient (Wildman–Crippen LogP) is 3.79. The highest BCUT2D eigenvalue weighted by molar-refractivity contribution is 7.99. The Bertz CT molecular complexity index is 667. The van der Waals surface area contributed by atoms with E-state index >= 15 is 0 Å². The van der Waals surface area contributed by atoms with Crippen LogP contribution in [0.5, 0.6) is 0 Å². The molecule has 0 atom stereocenters. The number of rotatable bonds is 6. The fraction of sp³-hybridized carbons (Fsp3) is 0.467. The fourth-order valence-corrected chi connectivity index (χ4v) is 2.74. The first-order chi connectivity index (χ1) is 9.82. The van der Waals surface area contributed by atoms with Crippen molar-refractivity contribution >= 4 is 28.8 Å². The molecular weight excluding hydrogens is 291 g/mol. The SMILES string of the molecule is CCC(C)(C)Cn1c(SCC(=O)O)nc2ccc(F)cc21. The van der Waals surface area contributed by atoms with Crippen molar-refractivity contribution in [3.05, 3.63) is 24.0 Å². The summed E-state index contributed by atoms with van der Waals surface area (Å²) in [5, 5.41) is 9.47. The van der Waals surface area contributed by atoms with Crippen molar-refractivity contribution in [1.29, 1.82) is 0 Å². The molecule has 114 valence electrons. The molecule has 1 N–H and O–H groups in total. The molecule has 0 spiro atoms. The number of halogens is 1. The minimum Gasteiger partial charge on any atom is -0.481 e. The van der Waals surface area contributed by atoms with Crippen molar-refractivity contribution in [2.24, 2.45) is 5.41 Å². The second-order valence-corrected chi connectivity index (χ2v) is 6.76. The van der Waals surface area contributed by atoms with Gasteiger partial charge in [0, 0.05) is 6.54 Å². The largest absolute Gasteiger partial charge is 0.481 e. The zero-order valence-electron chi connectivity index (χ0n) is 12.4. The topological polar surface area (TPSA) is 55.1 Å². The van der Waals surface area contributed by atoms with E-state index in [0.29, 0.717) is 22.7 Å². The van der Waals surface area contributed by atoms with Crippen molar-refractivity contribution in [3.63, 3.8) is 0 Å². The Labute approximate surface area is 127 Å². The Morgan fingerprint density at radius 3 is 2.81 bits per heavy atom. The van der Waals surface area contributed by atoms with Crippen LogP contribution in [0.25, 0.3) is 11.0 Å². The Morgan fingerprint density at radius 2 is 2.19 bits per heavy atom. The number of imidazole rings is 1. The summed E-state index contributed by atoms with van der Waals surface area (Å²) < 4.78 is 15.4. The molecule has 0 saturated heterocycles. The molecule has 1 heterocycles. The zero-order chi connectivity index (χ0) is 15.6. The van der Waals surface area contributed by atoms with Crippen molar-refractivity contribution < 1.29 is 14.3 Å². The lowest BCUT2D eigenvalue weighted by molar-refractivity contribution is -0.133. The third kappa shape index (κ3) is 3.75. The number of thioether (sulfide) groups is 1. The molecule has 0 fully saturated rings. The monoisotopic (exact) mass is 310 g/mol. The number of carbonyl (C=O) groups is 1. The highest BCUT2D eigenvalue weighted by atomic mass is 32.2. The van der Waals surface area contributed by atoms with Gasteiger partial charge in [0.2, 0.25) is 0 Å². The maximum Gasteiger partial charge on any atom is 0.313 e. The summed E-state index contributed by atoms with van der Waals surface area (Å²) in [7, 11) is 0. The summed E-state index contributed by atoms with van der Waals surface area (Å²) in [6.45, 7) is 7.03. The molecule has 0 unspecified atom stereocenters. The number of nitrogens with zero attached hydrogens (tertiary/aromatic N) is 2. The van der Waals surface area contributed by atoms with Crippen molar-refractivity contribution in [3.8, 4) is 0 Å². The van der Waals surface area contributed by atoms with Gasteiger partial charge in [-0.3, -0.25) is 4.79 Å². The zero-order valence-corrected chi connectivity index (χ0v) is 13.2. The van der Waals surface area contributed by atoms with Crippen LogP contribution in [0.15, 0.2) is 23.4 Å². The molecule has 0 saturated carbocycles. The normalized spacial score (nSPS) is 12.0. The molecular formula is C15H19FN2O2S. The van der Waals surface area contributed by atoms with Crippen molar-refractivity contribution in [1.82, 2.24) is 9.55 Å². The first-order valence-corrected chi connectivity index (χ1v) is 7.81. The van der Waals surface area contributed by atoms with Gasteiger partial charge >= 0.3 is 5.97 Å². The Kier molecular flexibility index (Phi) is 4.56. The van der Waals surface area contributed by atoms with E-state index in [2.05, 4.69) is 25.8 Å². The maximum atomic E-state index is 13.5. The third-order valence-corrected chi connectivity index (χ3v) is 4.50. The summed E-state index contributed by atoms with van der Waals surface area (Å²) in [5.41, 5.74) is 1.43. The Balaban J connectivity index is 2.47. The summed E-state index contributed by atoms with van der Waals surface area (Å²) in [6, 6.07) is 4.46. The van der Waals surface area contributed by atoms with Gasteiger partial charge in [0.15, 0.2) is 5.16 Å². The van der Waals surface area contributed by atoms with Crippen LogP contribution in [0, 0.1) is 11.2 Å². The molecule has 2 rings (SSSR count). The van der Waals surface area contributed by atoms with Crippen LogP contribution in [-0.4, -0.2) is 26.4 Å². The van der Waals surface area contributed by atoms with Crippen LogP contribution in [0.1, 0.15) is 27.2 Å². The van der Waals surface area contributed by atoms with Crippen LogP contribution < -0.4 is 0 Å². The smallest absolute Gasteiger partial charge is 0.313 e. The lowest BCUT2D eigenvalue weighted by Gasteiger charge is -2.24. The second-order valence-electron chi connectivity index (χ2n) is 5.81. The Morgan fingerprint density at radius 1 is 1.48 bits per heavy atom. The van der Waals surface area contributed by atoms with Crippen molar-refractivity contribution in [2.45, 2.75) is 38.9 Å². The minimum absolute atomic E-state index is 0.0263. The van der Waals surface area contributed by atoms with E-state index in [1.165, 1.54) is 23.9 Å². The molecule has 0 radical (unpaired) electrons. The summed E-state index contributed by atoms with van der Waals surface area (Å²) >= 11 is 1.17. The number of benzene rings is 1. The number of carboxylic acids is 1. The summed E-state index contributed by atoms with van der Waals surface area (Å²) in [6.07, 6.45) is 0.963. The van der Waals surface area contributed by atoms with Crippen LogP contribution in [-0.2, 0) is 11.3 Å². The predicted molar refractivity (Wildman–Crippen MR) is 82.1 cm³/mol. The van der Waals surface area contributed by atoms with E-state index < -0.39 is 5.97 Å². The second kappa shape index (κ2) is 6.05. The van der Waals surface area contributed by atoms with Gasteiger partial charge in [0.25, 0.3) is 0 Å². The summed E-state index contributed by atoms with van der Waals surface area (Å²) in [4.78, 5) is 15.2. The molecule has 6 heteroatoms. The van der Waals surface area contributed by atoms with Gasteiger partial charge in [-0.15, -0.1) is 0 Å². The number of carboxylic acid groups (broad SMARTS) is 1. The van der Waals surface area contributed by atoms with Gasteiger partial charge in [-0.1, -0.05) is 32.5 Å². The summed E-state index contributed by atoms with van der Waals surface area (Å²) in [5.74, 6) is -1.26. The van der Waals surface area contributed by atoms with E-state index in [1.807, 2.05) is 4.57 Å². The fourth-order valence-electron chi connectivity index (χ4n) is 2.00. The Hall–Kier alpha value is -1.56. The highest BCUT2D eigenvalue weighted by Crippen LogP contribution is 2.30. The average Bonchev–Trinajstić information content (AvgIpc) is 2.74. The minimum atomic E-state index is -0.889. The third-order valence-electron chi connectivity index (χ3n) is 3.54. The maximum absolute atomic E-state index is 13.5. The van der Waals surface area contributed by atoms with Gasteiger partial charge in [-0.2, -0.15) is 0 Å². The first kappa shape index (κ1) is 15.8. The molecule has 0 bridgehead atoms. The van der Waals surface area contributed by atoms with Gasteiger partial charge < -0.3 is 9.67 Å². The number of aliphatic carboxylic acids is 1. The molecule has 1 aromatic carbocycles. The number of hydrogen-bond donors (Lipinski definition) is 1. The van der Waals surface area contributed by atoms with Crippen molar-refractivity contribution in [2.75, 3.05) is 5.75 Å². The van der Waals surface area contributed by atoms with Crippen LogP contribution in [0.3, 0.4) is 0 Å². The number of hydrogen-bond acceptors (Lipinski definition) is 3. The van der Waals surface area contributed by atoms with Gasteiger partial charge in [0.1, 0.15) is 5.82 Å². The molecule has 0 amide bonds. The van der Waals surface area contributed by atoms with Crippen LogP contribution in [0.4, 0.5) is 4.39 Å². The average molecular weight is 310 g/mol. The lowest BCUT2D eigenvalue weighted by atomic mass is 9.90. The van der Waals surface area contributed by atoms with Gasteiger partial charge in [0.05, 0.1) is 16.8 Å². The van der Waals surface area contributed by atoms with E-state index in [1.54, 1.807) is 6.07 Å². The van der Waals surface area contributed by atoms with Crippen LogP contribution in [0.2, 0.25) is 0 Å². The van der Waals surface area contributed by atoms with E-state index in [0.717, 1.165) is 6.42 Å². The molecule has 1 aromatic heterocycles. The molecule has 0 aliphatic heterocycles. The van der Waals surface area contributed by atoms with E-state index in [9.17, 15) is 9.18 Å². The first-order valence-electron chi connectivity index (χ1n) is 6.83. The molecule has 2 aromatic rings. The van der Waals surface area contributed by atoms with Gasteiger partial charge in [-0.05, 0) is 30.0 Å². The number of aromatic nitrogens is 2. The standard InChI is InChI=1S/C15H19FN2O2S/c1-4-15(2,3)9-18-12-7-10(16)5-6-11(12)17-14(18)21-8-13(19)20/h5-7H,4,8-9H2,1-3H3,(H,19,20). The van der Waals surface area contributed by atoms with Gasteiger partial charge in [-0.25, -0.2) is 9.37 Å². The highest BCUT2D eigenvalue weighted by Gasteiger charge is 2.21. The van der Waals surface area contributed by atoms with E-state index in [-0.39, 0.29) is 17.0 Å². The lowest BCUT2D eigenvalue weighted by Crippen LogP contribution is -2.19. The van der Waals surface area contributed by atoms with E-state index in [4.69, 9.17) is 5.11 Å².